The number of aliphatic carboxylic acids is 1. The molecule has 1 aromatic carbocycles. The zero-order valence-corrected chi connectivity index (χ0v) is 11.9. The number of likely N-dealkylation sites (N-methyl/N-ethyl adjacent to an activating group) is 1. The molecule has 1 rings (SSSR count). The number of rotatable bonds is 7. The summed E-state index contributed by atoms with van der Waals surface area (Å²) in [6, 6.07) is 5.09. The highest BCUT2D eigenvalue weighted by Gasteiger charge is 2.19. The Morgan fingerprint density at radius 2 is 1.76 bits per heavy atom. The number of hydrogen-bond acceptors (Lipinski definition) is 5. The van der Waals surface area contributed by atoms with Crippen LogP contribution < -0.4 is 0 Å². The van der Waals surface area contributed by atoms with Crippen molar-refractivity contribution in [3.63, 3.8) is 0 Å². The lowest BCUT2D eigenvalue weighted by molar-refractivity contribution is -0.384. The molecular formula is C13H17N3O5. The van der Waals surface area contributed by atoms with Crippen molar-refractivity contribution in [1.82, 2.24) is 9.80 Å². The average molecular weight is 295 g/mol. The highest BCUT2D eigenvalue weighted by atomic mass is 16.6. The monoisotopic (exact) mass is 295 g/mol. The Labute approximate surface area is 121 Å². The highest BCUT2D eigenvalue weighted by molar-refractivity contribution is 5.96. The number of benzene rings is 1. The number of hydrogen-bond donors (Lipinski definition) is 1. The van der Waals surface area contributed by atoms with Gasteiger partial charge in [-0.1, -0.05) is 0 Å². The van der Waals surface area contributed by atoms with Gasteiger partial charge in [0.15, 0.2) is 0 Å². The van der Waals surface area contributed by atoms with E-state index < -0.39 is 23.3 Å². The van der Waals surface area contributed by atoms with Crippen LogP contribution in [0.4, 0.5) is 5.69 Å². The number of carbonyl (C=O) groups is 2. The third kappa shape index (κ3) is 5.19. The molecule has 0 saturated carbocycles. The Kier molecular flexibility index (Phi) is 5.79. The molecule has 0 fully saturated rings. The van der Waals surface area contributed by atoms with Gasteiger partial charge < -0.3 is 14.9 Å². The van der Waals surface area contributed by atoms with Crippen LogP contribution in [-0.2, 0) is 4.79 Å². The number of nitro benzene ring substituents is 1. The van der Waals surface area contributed by atoms with Crippen molar-refractivity contribution in [2.24, 2.45) is 0 Å². The second kappa shape index (κ2) is 7.34. The normalized spacial score (nSPS) is 10.4. The quantitative estimate of drug-likeness (QED) is 0.586. The molecule has 1 amide bonds. The topological polar surface area (TPSA) is 104 Å². The van der Waals surface area contributed by atoms with Gasteiger partial charge >= 0.3 is 5.97 Å². The molecule has 0 atom stereocenters. The molecule has 114 valence electrons. The fourth-order valence-electron chi connectivity index (χ4n) is 1.64. The van der Waals surface area contributed by atoms with Crippen LogP contribution in [0.3, 0.4) is 0 Å². The number of nitrogens with zero attached hydrogens (tertiary/aromatic N) is 3. The van der Waals surface area contributed by atoms with Gasteiger partial charge in [0.25, 0.3) is 11.6 Å². The van der Waals surface area contributed by atoms with Gasteiger partial charge in [0.1, 0.15) is 6.54 Å². The molecule has 0 bridgehead atoms. The molecule has 21 heavy (non-hydrogen) atoms. The van der Waals surface area contributed by atoms with Crippen LogP contribution in [0.1, 0.15) is 10.4 Å². The molecule has 0 spiro atoms. The summed E-state index contributed by atoms with van der Waals surface area (Å²) < 4.78 is 0. The van der Waals surface area contributed by atoms with E-state index in [1.165, 1.54) is 29.2 Å². The summed E-state index contributed by atoms with van der Waals surface area (Å²) in [4.78, 5) is 36.1. The van der Waals surface area contributed by atoms with E-state index in [1.807, 2.05) is 19.0 Å². The van der Waals surface area contributed by atoms with Crippen LogP contribution in [0.5, 0.6) is 0 Å². The summed E-state index contributed by atoms with van der Waals surface area (Å²) in [5, 5.41) is 19.4. The molecule has 1 aromatic rings. The number of carbonyl (C=O) groups excluding carboxylic acids is 1. The van der Waals surface area contributed by atoms with Gasteiger partial charge in [-0.05, 0) is 26.2 Å². The second-order valence-corrected chi connectivity index (χ2v) is 4.73. The number of carboxylic acid groups (broad SMARTS) is 1. The van der Waals surface area contributed by atoms with Gasteiger partial charge in [0.2, 0.25) is 0 Å². The molecule has 0 heterocycles. The Hall–Kier alpha value is -2.48. The number of amides is 1. The zero-order chi connectivity index (χ0) is 16.0. The Bertz CT molecular complexity index is 527. The van der Waals surface area contributed by atoms with Crippen molar-refractivity contribution in [2.45, 2.75) is 0 Å². The van der Waals surface area contributed by atoms with Crippen molar-refractivity contribution < 1.29 is 19.6 Å². The van der Waals surface area contributed by atoms with E-state index in [0.717, 1.165) is 0 Å². The van der Waals surface area contributed by atoms with Crippen LogP contribution in [0, 0.1) is 10.1 Å². The lowest BCUT2D eigenvalue weighted by atomic mass is 10.2. The van der Waals surface area contributed by atoms with Gasteiger partial charge in [0, 0.05) is 30.8 Å². The summed E-state index contributed by atoms with van der Waals surface area (Å²) in [6.45, 7) is 0.366. The molecule has 0 aliphatic heterocycles. The SMILES string of the molecule is CN(C)CCN(CC(=O)O)C(=O)c1ccc([N+](=O)[O-])cc1. The smallest absolute Gasteiger partial charge is 0.323 e. The van der Waals surface area contributed by atoms with E-state index in [-0.39, 0.29) is 17.8 Å². The molecular weight excluding hydrogens is 278 g/mol. The lowest BCUT2D eigenvalue weighted by Gasteiger charge is -2.22. The van der Waals surface area contributed by atoms with Crippen LogP contribution in [-0.4, -0.2) is 65.4 Å². The molecule has 8 nitrogen and oxygen atoms in total. The van der Waals surface area contributed by atoms with E-state index in [4.69, 9.17) is 5.11 Å². The Morgan fingerprint density at radius 3 is 2.19 bits per heavy atom. The maximum Gasteiger partial charge on any atom is 0.323 e. The van der Waals surface area contributed by atoms with Crippen LogP contribution in [0.2, 0.25) is 0 Å². The molecule has 0 aliphatic rings. The van der Waals surface area contributed by atoms with E-state index in [1.54, 1.807) is 0 Å². The molecule has 1 N–H and O–H groups in total. The highest BCUT2D eigenvalue weighted by Crippen LogP contribution is 2.13. The third-order valence-corrected chi connectivity index (χ3v) is 2.76. The van der Waals surface area contributed by atoms with Gasteiger partial charge in [-0.2, -0.15) is 0 Å². The number of nitro groups is 1. The van der Waals surface area contributed by atoms with E-state index in [0.29, 0.717) is 6.54 Å². The van der Waals surface area contributed by atoms with E-state index in [2.05, 4.69) is 0 Å². The maximum absolute atomic E-state index is 12.2. The fourth-order valence-corrected chi connectivity index (χ4v) is 1.64. The summed E-state index contributed by atoms with van der Waals surface area (Å²) in [7, 11) is 3.63. The standard InChI is InChI=1S/C13H17N3O5/c1-14(2)7-8-15(9-12(17)18)13(19)10-3-5-11(6-4-10)16(20)21/h3-6H,7-9H2,1-2H3,(H,17,18). The predicted molar refractivity (Wildman–Crippen MR) is 75.2 cm³/mol. The largest absolute Gasteiger partial charge is 0.480 e. The van der Waals surface area contributed by atoms with Crippen molar-refractivity contribution in [3.8, 4) is 0 Å². The van der Waals surface area contributed by atoms with Gasteiger partial charge in [0.05, 0.1) is 4.92 Å². The number of non-ortho nitro benzene ring substituents is 1. The van der Waals surface area contributed by atoms with E-state index in [9.17, 15) is 19.7 Å². The summed E-state index contributed by atoms with van der Waals surface area (Å²) in [5.74, 6) is -1.57. The first-order chi connectivity index (χ1) is 9.81. The van der Waals surface area contributed by atoms with Crippen molar-refractivity contribution >= 4 is 17.6 Å². The maximum atomic E-state index is 12.2. The Morgan fingerprint density at radius 1 is 1.19 bits per heavy atom. The number of carboxylic acids is 1. The minimum atomic E-state index is -1.11. The summed E-state index contributed by atoms with van der Waals surface area (Å²) in [6.07, 6.45) is 0. The van der Waals surface area contributed by atoms with Gasteiger partial charge in [-0.25, -0.2) is 0 Å². The lowest BCUT2D eigenvalue weighted by Crippen LogP contribution is -2.40. The summed E-state index contributed by atoms with van der Waals surface area (Å²) in [5.41, 5.74) is 0.102. The second-order valence-electron chi connectivity index (χ2n) is 4.73. The Balaban J connectivity index is 2.87. The molecule has 0 unspecified atom stereocenters. The van der Waals surface area contributed by atoms with Crippen molar-refractivity contribution in [3.05, 3.63) is 39.9 Å². The molecule has 8 heteroatoms. The fraction of sp³-hybridized carbons (Fsp3) is 0.385. The zero-order valence-electron chi connectivity index (χ0n) is 11.9. The average Bonchev–Trinajstić information content (AvgIpc) is 2.42. The van der Waals surface area contributed by atoms with Gasteiger partial charge in [-0.15, -0.1) is 0 Å². The van der Waals surface area contributed by atoms with Crippen LogP contribution >= 0.6 is 0 Å². The predicted octanol–water partition coefficient (Wildman–Crippen LogP) is 0.683. The first kappa shape index (κ1) is 16.6. The summed E-state index contributed by atoms with van der Waals surface area (Å²) >= 11 is 0. The van der Waals surface area contributed by atoms with Crippen LogP contribution in [0.25, 0.3) is 0 Å². The first-order valence-corrected chi connectivity index (χ1v) is 6.21. The molecule has 0 aromatic heterocycles. The van der Waals surface area contributed by atoms with Crippen molar-refractivity contribution in [2.75, 3.05) is 33.7 Å². The van der Waals surface area contributed by atoms with E-state index >= 15 is 0 Å². The third-order valence-electron chi connectivity index (χ3n) is 2.76. The minimum absolute atomic E-state index is 0.121. The minimum Gasteiger partial charge on any atom is -0.480 e. The van der Waals surface area contributed by atoms with Crippen molar-refractivity contribution in [1.29, 1.82) is 0 Å². The molecule has 0 aliphatic carbocycles. The molecule has 0 radical (unpaired) electrons. The van der Waals surface area contributed by atoms with Gasteiger partial charge in [-0.3, -0.25) is 19.7 Å². The molecule has 0 saturated heterocycles. The van der Waals surface area contributed by atoms with Crippen LogP contribution in [0.15, 0.2) is 24.3 Å². The first-order valence-electron chi connectivity index (χ1n) is 6.21.